The maximum absolute atomic E-state index is 13.7. The summed E-state index contributed by atoms with van der Waals surface area (Å²) in [7, 11) is 1.58. The molecule has 3 amide bonds. The van der Waals surface area contributed by atoms with Crippen molar-refractivity contribution < 1.29 is 24.3 Å². The summed E-state index contributed by atoms with van der Waals surface area (Å²) >= 11 is 0. The van der Waals surface area contributed by atoms with Crippen LogP contribution in [0.1, 0.15) is 49.8 Å². The molecule has 3 atom stereocenters. The Kier molecular flexibility index (Phi) is 12.3. The van der Waals surface area contributed by atoms with Gasteiger partial charge in [-0.1, -0.05) is 105 Å². The average molecular weight is 546 g/mol. The molecule has 40 heavy (non-hydrogen) atoms. The van der Waals surface area contributed by atoms with E-state index in [1.165, 1.54) is 0 Å². The Balaban J connectivity index is 1.87. The number of amides is 3. The van der Waals surface area contributed by atoms with Gasteiger partial charge in [-0.15, -0.1) is 0 Å². The fraction of sp³-hybridized carbons (Fsp3) is 0.344. The third kappa shape index (κ3) is 9.32. The first-order valence-electron chi connectivity index (χ1n) is 13.7. The minimum atomic E-state index is -0.992. The summed E-state index contributed by atoms with van der Waals surface area (Å²) in [6, 6.07) is 25.9. The maximum atomic E-state index is 13.7. The molecule has 0 bridgehead atoms. The van der Waals surface area contributed by atoms with E-state index in [0.29, 0.717) is 25.0 Å². The molecule has 8 nitrogen and oxygen atoms in total. The lowest BCUT2D eigenvalue weighted by Gasteiger charge is -2.25. The first kappa shape index (κ1) is 30.5. The van der Waals surface area contributed by atoms with Crippen LogP contribution in [0.5, 0.6) is 0 Å². The zero-order valence-electron chi connectivity index (χ0n) is 23.1. The van der Waals surface area contributed by atoms with Gasteiger partial charge in [0, 0.05) is 19.4 Å². The van der Waals surface area contributed by atoms with Crippen molar-refractivity contribution in [2.75, 3.05) is 13.7 Å². The second kappa shape index (κ2) is 16.2. The molecule has 0 aromatic heterocycles. The number of hydrogen-bond donors (Lipinski definition) is 4. The molecule has 0 aliphatic heterocycles. The first-order chi connectivity index (χ1) is 19.4. The molecule has 3 aromatic carbocycles. The van der Waals surface area contributed by atoms with E-state index in [-0.39, 0.29) is 18.4 Å². The standard InChI is InChI=1S/C32H39N3O5/c1-3-4-13-27(21-29(36)35-39)31(37)34-30(26-18-16-25(17-19-26)24-14-9-6-10-15-24)32(38)33-28(22-40-2)20-23-11-7-5-8-12-23/h5-12,14-19,27-28,30,39H,3-4,13,20-22H2,1-2H3,(H,33,38)(H,34,37)(H,35,36)/t27-,28+,30?/m1/s1. The molecule has 0 heterocycles. The van der Waals surface area contributed by atoms with Crippen molar-refractivity contribution in [3.05, 3.63) is 96.1 Å². The van der Waals surface area contributed by atoms with Gasteiger partial charge in [0.2, 0.25) is 17.7 Å². The van der Waals surface area contributed by atoms with Gasteiger partial charge in [-0.2, -0.15) is 0 Å². The van der Waals surface area contributed by atoms with Gasteiger partial charge in [0.1, 0.15) is 6.04 Å². The van der Waals surface area contributed by atoms with E-state index in [2.05, 4.69) is 10.6 Å². The summed E-state index contributed by atoms with van der Waals surface area (Å²) in [5.74, 6) is -2.13. The van der Waals surface area contributed by atoms with Gasteiger partial charge < -0.3 is 15.4 Å². The van der Waals surface area contributed by atoms with Gasteiger partial charge in [0.25, 0.3) is 0 Å². The number of unbranched alkanes of at least 4 members (excludes halogenated alkanes) is 1. The van der Waals surface area contributed by atoms with Crippen LogP contribution in [-0.4, -0.2) is 42.7 Å². The fourth-order valence-corrected chi connectivity index (χ4v) is 4.64. The molecular weight excluding hydrogens is 506 g/mol. The van der Waals surface area contributed by atoms with Gasteiger partial charge in [0.05, 0.1) is 12.6 Å². The van der Waals surface area contributed by atoms with Crippen LogP contribution in [0.15, 0.2) is 84.9 Å². The van der Waals surface area contributed by atoms with E-state index in [1.54, 1.807) is 12.6 Å². The lowest BCUT2D eigenvalue weighted by Crippen LogP contribution is -2.48. The van der Waals surface area contributed by atoms with E-state index in [1.807, 2.05) is 91.9 Å². The Morgan fingerprint density at radius 1 is 0.825 bits per heavy atom. The number of carbonyl (C=O) groups is 3. The summed E-state index contributed by atoms with van der Waals surface area (Å²) in [5, 5.41) is 15.0. The molecular formula is C32H39N3O5. The topological polar surface area (TPSA) is 117 Å². The van der Waals surface area contributed by atoms with Crippen molar-refractivity contribution in [1.29, 1.82) is 0 Å². The largest absolute Gasteiger partial charge is 0.383 e. The van der Waals surface area contributed by atoms with Crippen LogP contribution in [0, 0.1) is 5.92 Å². The molecule has 0 saturated carbocycles. The Labute approximate surface area is 236 Å². The normalized spacial score (nSPS) is 13.1. The van der Waals surface area contributed by atoms with Crippen molar-refractivity contribution in [2.45, 2.75) is 51.1 Å². The molecule has 0 spiro atoms. The highest BCUT2D eigenvalue weighted by atomic mass is 16.5. The van der Waals surface area contributed by atoms with Gasteiger partial charge in [0.15, 0.2) is 0 Å². The predicted octanol–water partition coefficient (Wildman–Crippen LogP) is 4.59. The highest BCUT2D eigenvalue weighted by Gasteiger charge is 2.29. The van der Waals surface area contributed by atoms with Crippen LogP contribution in [0.25, 0.3) is 11.1 Å². The second-order valence-corrected chi connectivity index (χ2v) is 9.86. The SMILES string of the molecule is CCCC[C@H](CC(=O)NO)C(=O)NC(C(=O)N[C@H](COC)Cc1ccccc1)c1ccc(-c2ccccc2)cc1. The van der Waals surface area contributed by atoms with Crippen molar-refractivity contribution in [3.63, 3.8) is 0 Å². The monoisotopic (exact) mass is 545 g/mol. The lowest BCUT2D eigenvalue weighted by atomic mass is 9.95. The quantitative estimate of drug-likeness (QED) is 0.165. The highest BCUT2D eigenvalue weighted by molar-refractivity contribution is 5.91. The van der Waals surface area contributed by atoms with E-state index in [0.717, 1.165) is 29.5 Å². The van der Waals surface area contributed by atoms with Crippen molar-refractivity contribution in [3.8, 4) is 11.1 Å². The average Bonchev–Trinajstić information content (AvgIpc) is 2.99. The van der Waals surface area contributed by atoms with Crippen molar-refractivity contribution in [1.82, 2.24) is 16.1 Å². The Morgan fingerprint density at radius 3 is 2.05 bits per heavy atom. The third-order valence-corrected chi connectivity index (χ3v) is 6.77. The number of carbonyl (C=O) groups excluding carboxylic acids is 3. The predicted molar refractivity (Wildman–Crippen MR) is 154 cm³/mol. The van der Waals surface area contributed by atoms with E-state index < -0.39 is 23.8 Å². The van der Waals surface area contributed by atoms with Crippen LogP contribution >= 0.6 is 0 Å². The number of hydroxylamine groups is 1. The van der Waals surface area contributed by atoms with Gasteiger partial charge in [-0.25, -0.2) is 5.48 Å². The smallest absolute Gasteiger partial charge is 0.247 e. The minimum Gasteiger partial charge on any atom is -0.383 e. The zero-order chi connectivity index (χ0) is 28.7. The lowest BCUT2D eigenvalue weighted by molar-refractivity contribution is -0.136. The molecule has 0 aliphatic rings. The van der Waals surface area contributed by atoms with Crippen molar-refractivity contribution >= 4 is 17.7 Å². The fourth-order valence-electron chi connectivity index (χ4n) is 4.64. The van der Waals surface area contributed by atoms with E-state index in [4.69, 9.17) is 9.94 Å². The summed E-state index contributed by atoms with van der Waals surface area (Å²) in [6.45, 7) is 2.29. The Hall–Kier alpha value is -4.01. The molecule has 212 valence electrons. The van der Waals surface area contributed by atoms with Gasteiger partial charge in [-0.3, -0.25) is 19.6 Å². The molecule has 0 aliphatic carbocycles. The number of methoxy groups -OCH3 is 1. The number of rotatable bonds is 15. The summed E-state index contributed by atoms with van der Waals surface area (Å²) in [5.41, 5.74) is 5.29. The van der Waals surface area contributed by atoms with Crippen LogP contribution in [0.2, 0.25) is 0 Å². The summed E-state index contributed by atoms with van der Waals surface area (Å²) in [4.78, 5) is 39.0. The second-order valence-electron chi connectivity index (χ2n) is 9.86. The summed E-state index contributed by atoms with van der Waals surface area (Å²) in [6.07, 6.45) is 2.41. The first-order valence-corrected chi connectivity index (χ1v) is 13.7. The Morgan fingerprint density at radius 2 is 1.45 bits per heavy atom. The minimum absolute atomic E-state index is 0.177. The number of benzene rings is 3. The molecule has 1 unspecified atom stereocenters. The molecule has 0 radical (unpaired) electrons. The molecule has 0 saturated heterocycles. The van der Waals surface area contributed by atoms with Crippen LogP contribution < -0.4 is 16.1 Å². The van der Waals surface area contributed by atoms with Crippen LogP contribution in [0.3, 0.4) is 0 Å². The van der Waals surface area contributed by atoms with Crippen LogP contribution in [-0.2, 0) is 25.5 Å². The van der Waals surface area contributed by atoms with E-state index in [9.17, 15) is 14.4 Å². The van der Waals surface area contributed by atoms with Gasteiger partial charge in [-0.05, 0) is 35.1 Å². The molecule has 3 rings (SSSR count). The third-order valence-electron chi connectivity index (χ3n) is 6.77. The van der Waals surface area contributed by atoms with E-state index >= 15 is 0 Å². The summed E-state index contributed by atoms with van der Waals surface area (Å²) < 4.78 is 5.38. The molecule has 4 N–H and O–H groups in total. The molecule has 3 aromatic rings. The number of hydrogen-bond acceptors (Lipinski definition) is 5. The van der Waals surface area contributed by atoms with Crippen molar-refractivity contribution in [2.24, 2.45) is 5.92 Å². The highest BCUT2D eigenvalue weighted by Crippen LogP contribution is 2.23. The number of ether oxygens (including phenoxy) is 1. The Bertz CT molecular complexity index is 1200. The van der Waals surface area contributed by atoms with Gasteiger partial charge >= 0.3 is 0 Å². The molecule has 0 fully saturated rings. The molecule has 8 heteroatoms. The number of nitrogens with one attached hydrogen (secondary N) is 3. The zero-order valence-corrected chi connectivity index (χ0v) is 23.1. The maximum Gasteiger partial charge on any atom is 0.247 e. The van der Waals surface area contributed by atoms with Crippen LogP contribution in [0.4, 0.5) is 0 Å².